The van der Waals surface area contributed by atoms with Crippen molar-refractivity contribution in [3.8, 4) is 5.88 Å². The molecule has 0 aromatic carbocycles. The second-order valence-electron chi connectivity index (χ2n) is 3.59. The second-order valence-corrected chi connectivity index (χ2v) is 3.59. The number of aliphatic carboxylic acids is 1. The lowest BCUT2D eigenvalue weighted by Gasteiger charge is -2.24. The molecule has 1 aromatic rings. The van der Waals surface area contributed by atoms with Gasteiger partial charge in [0, 0.05) is 0 Å². The van der Waals surface area contributed by atoms with Gasteiger partial charge in [-0.1, -0.05) is 0 Å². The van der Waals surface area contributed by atoms with Crippen molar-refractivity contribution in [2.45, 2.75) is 12.6 Å². The molecule has 92 valence electrons. The van der Waals surface area contributed by atoms with Gasteiger partial charge >= 0.3 is 5.97 Å². The van der Waals surface area contributed by atoms with E-state index in [9.17, 15) is 9.59 Å². The number of aliphatic hydroxyl groups excluding tert-OH is 1. The van der Waals surface area contributed by atoms with Gasteiger partial charge < -0.3 is 20.3 Å². The summed E-state index contributed by atoms with van der Waals surface area (Å²) in [6.07, 6.45) is 1.12. The number of carbonyl (C=O) groups is 1. The number of rotatable bonds is 3. The zero-order chi connectivity index (χ0) is 12.4. The predicted octanol–water partition coefficient (Wildman–Crippen LogP) is -1.51. The molecule has 1 aromatic heterocycles. The summed E-state index contributed by atoms with van der Waals surface area (Å²) in [6.45, 7) is -0.448. The molecule has 0 amide bonds. The Morgan fingerprint density at radius 2 is 2.47 bits per heavy atom. The van der Waals surface area contributed by atoms with Crippen LogP contribution in [-0.2, 0) is 11.3 Å². The van der Waals surface area contributed by atoms with Crippen molar-refractivity contribution in [1.82, 2.24) is 9.55 Å². The molecule has 0 radical (unpaired) electrons. The molecule has 1 aliphatic heterocycles. The third-order valence-corrected chi connectivity index (χ3v) is 2.30. The Morgan fingerprint density at radius 1 is 1.71 bits per heavy atom. The van der Waals surface area contributed by atoms with E-state index in [0.717, 1.165) is 10.9 Å². The Bertz CT molecular complexity index is 498. The van der Waals surface area contributed by atoms with Gasteiger partial charge in [0.2, 0.25) is 5.88 Å². The van der Waals surface area contributed by atoms with Gasteiger partial charge in [0.05, 0.1) is 12.6 Å². The first-order valence-corrected chi connectivity index (χ1v) is 4.93. The Labute approximate surface area is 95.5 Å². The number of aliphatic hydroxyl groups is 1. The molecule has 2 rings (SSSR count). The van der Waals surface area contributed by atoms with Crippen LogP contribution < -0.4 is 15.6 Å². The first-order valence-electron chi connectivity index (χ1n) is 4.93. The highest BCUT2D eigenvalue weighted by molar-refractivity contribution is 5.66. The van der Waals surface area contributed by atoms with Crippen LogP contribution in [-0.4, -0.2) is 45.0 Å². The zero-order valence-electron chi connectivity index (χ0n) is 8.79. The number of ether oxygens (including phenoxy) is 1. The van der Waals surface area contributed by atoms with Gasteiger partial charge in [0.15, 0.2) is 5.69 Å². The topological polar surface area (TPSA) is 114 Å². The molecule has 0 spiro atoms. The van der Waals surface area contributed by atoms with E-state index in [0.29, 0.717) is 0 Å². The molecular weight excluding hydrogens is 230 g/mol. The van der Waals surface area contributed by atoms with Crippen LogP contribution in [0.4, 0.5) is 5.69 Å². The average Bonchev–Trinajstić information content (AvgIpc) is 2.32. The SMILES string of the molecule is O=C(O)Cn1cnc2c(c1=O)N[C@H](CO)CO2. The monoisotopic (exact) mass is 241 g/mol. The maximum absolute atomic E-state index is 11.8. The van der Waals surface area contributed by atoms with E-state index in [1.165, 1.54) is 0 Å². The lowest BCUT2D eigenvalue weighted by Crippen LogP contribution is -2.39. The van der Waals surface area contributed by atoms with E-state index >= 15 is 0 Å². The lowest BCUT2D eigenvalue weighted by molar-refractivity contribution is -0.137. The predicted molar refractivity (Wildman–Crippen MR) is 56.1 cm³/mol. The standard InChI is InChI=1S/C9H11N3O5/c13-2-5-3-17-8-7(11-5)9(16)12(4-10-8)1-6(14)15/h4-5,11,13H,1-3H2,(H,14,15)/t5-/m1/s1. The van der Waals surface area contributed by atoms with Crippen LogP contribution in [0.2, 0.25) is 0 Å². The van der Waals surface area contributed by atoms with E-state index < -0.39 is 24.1 Å². The number of nitrogens with one attached hydrogen (secondary N) is 1. The first-order chi connectivity index (χ1) is 8.11. The second kappa shape index (κ2) is 4.42. The number of anilines is 1. The largest absolute Gasteiger partial charge is 0.480 e. The molecule has 2 heterocycles. The minimum absolute atomic E-state index is 0.0825. The maximum atomic E-state index is 11.8. The first kappa shape index (κ1) is 11.4. The quantitative estimate of drug-likeness (QED) is 0.589. The van der Waals surface area contributed by atoms with Crippen LogP contribution in [0.15, 0.2) is 11.1 Å². The lowest BCUT2D eigenvalue weighted by atomic mass is 10.3. The van der Waals surface area contributed by atoms with E-state index in [2.05, 4.69) is 10.3 Å². The fourth-order valence-corrected chi connectivity index (χ4v) is 1.49. The van der Waals surface area contributed by atoms with Crippen molar-refractivity contribution in [3.63, 3.8) is 0 Å². The van der Waals surface area contributed by atoms with Gasteiger partial charge in [-0.05, 0) is 0 Å². The van der Waals surface area contributed by atoms with E-state index in [4.69, 9.17) is 14.9 Å². The van der Waals surface area contributed by atoms with Crippen molar-refractivity contribution in [1.29, 1.82) is 0 Å². The Kier molecular flexibility index (Phi) is 2.96. The maximum Gasteiger partial charge on any atom is 0.323 e. The third kappa shape index (κ3) is 2.21. The molecule has 0 saturated heterocycles. The number of carboxylic acid groups (broad SMARTS) is 1. The van der Waals surface area contributed by atoms with Crippen LogP contribution in [0, 0.1) is 0 Å². The molecule has 8 heteroatoms. The van der Waals surface area contributed by atoms with Gasteiger partial charge in [-0.15, -0.1) is 0 Å². The molecule has 0 fully saturated rings. The van der Waals surface area contributed by atoms with Crippen molar-refractivity contribution in [2.75, 3.05) is 18.5 Å². The molecule has 3 N–H and O–H groups in total. The van der Waals surface area contributed by atoms with Crippen LogP contribution in [0.3, 0.4) is 0 Å². The highest BCUT2D eigenvalue weighted by Gasteiger charge is 2.23. The molecule has 8 nitrogen and oxygen atoms in total. The molecule has 0 saturated carbocycles. The number of fused-ring (bicyclic) bond motifs is 1. The van der Waals surface area contributed by atoms with Crippen LogP contribution in [0.1, 0.15) is 0 Å². The van der Waals surface area contributed by atoms with Crippen LogP contribution >= 0.6 is 0 Å². The summed E-state index contributed by atoms with van der Waals surface area (Å²) in [7, 11) is 0. The van der Waals surface area contributed by atoms with Crippen molar-refractivity contribution >= 4 is 11.7 Å². The molecular formula is C9H11N3O5. The van der Waals surface area contributed by atoms with Gasteiger partial charge in [-0.25, -0.2) is 4.98 Å². The molecule has 0 bridgehead atoms. The minimum atomic E-state index is -1.13. The van der Waals surface area contributed by atoms with Gasteiger partial charge in [-0.3, -0.25) is 14.2 Å². The number of carboxylic acids is 1. The number of nitrogens with zero attached hydrogens (tertiary/aromatic N) is 2. The smallest absolute Gasteiger partial charge is 0.323 e. The minimum Gasteiger partial charge on any atom is -0.480 e. The van der Waals surface area contributed by atoms with Gasteiger partial charge in [0.1, 0.15) is 19.5 Å². The fraction of sp³-hybridized carbons (Fsp3) is 0.444. The molecule has 1 atom stereocenters. The van der Waals surface area contributed by atoms with Crippen molar-refractivity contribution in [3.05, 3.63) is 16.7 Å². The fourth-order valence-electron chi connectivity index (χ4n) is 1.49. The normalized spacial score (nSPS) is 17.8. The van der Waals surface area contributed by atoms with E-state index in [1.54, 1.807) is 0 Å². The molecule has 0 unspecified atom stereocenters. The Hall–Kier alpha value is -2.09. The Morgan fingerprint density at radius 3 is 3.12 bits per heavy atom. The summed E-state index contributed by atoms with van der Waals surface area (Å²) in [6, 6.07) is -0.391. The van der Waals surface area contributed by atoms with Gasteiger partial charge in [-0.2, -0.15) is 0 Å². The van der Waals surface area contributed by atoms with Crippen LogP contribution in [0.5, 0.6) is 5.88 Å². The summed E-state index contributed by atoms with van der Waals surface area (Å²) in [5, 5.41) is 20.3. The highest BCUT2D eigenvalue weighted by atomic mass is 16.5. The molecule has 17 heavy (non-hydrogen) atoms. The van der Waals surface area contributed by atoms with E-state index in [1.807, 2.05) is 0 Å². The van der Waals surface area contributed by atoms with Crippen molar-refractivity contribution in [2.24, 2.45) is 0 Å². The zero-order valence-corrected chi connectivity index (χ0v) is 8.79. The summed E-state index contributed by atoms with van der Waals surface area (Å²) < 4.78 is 6.13. The molecule has 0 aliphatic carbocycles. The molecule has 1 aliphatic rings. The van der Waals surface area contributed by atoms with Crippen molar-refractivity contribution < 1.29 is 19.7 Å². The number of aromatic nitrogens is 2. The third-order valence-electron chi connectivity index (χ3n) is 2.30. The average molecular weight is 241 g/mol. The summed E-state index contributed by atoms with van der Waals surface area (Å²) >= 11 is 0. The summed E-state index contributed by atoms with van der Waals surface area (Å²) in [4.78, 5) is 26.2. The highest BCUT2D eigenvalue weighted by Crippen LogP contribution is 2.21. The van der Waals surface area contributed by atoms with E-state index in [-0.39, 0.29) is 24.8 Å². The summed E-state index contributed by atoms with van der Waals surface area (Å²) in [5.74, 6) is -1.01. The van der Waals surface area contributed by atoms with Crippen LogP contribution in [0.25, 0.3) is 0 Å². The number of hydrogen-bond acceptors (Lipinski definition) is 6. The summed E-state index contributed by atoms with van der Waals surface area (Å²) in [5.41, 5.74) is -0.449. The van der Waals surface area contributed by atoms with Gasteiger partial charge in [0.25, 0.3) is 5.56 Å². The number of hydrogen-bond donors (Lipinski definition) is 3. The Balaban J connectivity index is 2.37.